The molecule has 0 spiro atoms. The molecule has 3 N–H and O–H groups in total. The van der Waals surface area contributed by atoms with Crippen LogP contribution in [0, 0.1) is 5.92 Å². The predicted octanol–water partition coefficient (Wildman–Crippen LogP) is 4.66. The highest BCUT2D eigenvalue weighted by molar-refractivity contribution is 7.79. The molecule has 0 fully saturated rings. The second kappa shape index (κ2) is 15.7. The van der Waals surface area contributed by atoms with Crippen molar-refractivity contribution in [3.63, 3.8) is 0 Å². The van der Waals surface area contributed by atoms with Gasteiger partial charge in [-0.05, 0) is 19.3 Å². The third-order valence-electron chi connectivity index (χ3n) is 3.60. The lowest BCUT2D eigenvalue weighted by atomic mass is 9.98. The number of hydrogen-bond donors (Lipinski definition) is 3. The van der Waals surface area contributed by atoms with Crippen molar-refractivity contribution in [1.29, 1.82) is 0 Å². The molecule has 0 radical (unpaired) electrons. The second-order valence-corrected chi connectivity index (χ2v) is 7.14. The summed E-state index contributed by atoms with van der Waals surface area (Å²) in [6.45, 7) is 6.56. The van der Waals surface area contributed by atoms with Gasteiger partial charge in [0.1, 0.15) is 0 Å². The molecule has 2 unspecified atom stereocenters. The summed E-state index contributed by atoms with van der Waals surface area (Å²) in [4.78, 5) is 0. The normalized spacial score (nSPS) is 14.1. The number of aliphatic hydroxyl groups is 1. The molecule has 22 heavy (non-hydrogen) atoms. The van der Waals surface area contributed by atoms with Crippen LogP contribution in [0.3, 0.4) is 0 Å². The van der Waals surface area contributed by atoms with E-state index in [2.05, 4.69) is 13.8 Å². The fourth-order valence-electron chi connectivity index (χ4n) is 2.45. The summed E-state index contributed by atoms with van der Waals surface area (Å²) in [5, 5.41) is 9.12. The Morgan fingerprint density at radius 3 is 1.50 bits per heavy atom. The first-order valence-electron chi connectivity index (χ1n) is 8.54. The third-order valence-corrected chi connectivity index (χ3v) is 3.60. The summed E-state index contributed by atoms with van der Waals surface area (Å²) in [6, 6.07) is 0. The smallest absolute Gasteiger partial charge is 0.393 e. The van der Waals surface area contributed by atoms with Gasteiger partial charge >= 0.3 is 10.4 Å². The SMILES string of the molecule is CCCC(C)CCCCCCCCCC(C)O.O=S(=O)(O)O. The number of aliphatic hydroxyl groups excluding tert-OH is 1. The van der Waals surface area contributed by atoms with Gasteiger partial charge < -0.3 is 5.11 Å². The van der Waals surface area contributed by atoms with Crippen molar-refractivity contribution in [2.45, 2.75) is 97.5 Å². The van der Waals surface area contributed by atoms with Crippen LogP contribution in [0.2, 0.25) is 0 Å². The first kappa shape index (κ1) is 24.1. The van der Waals surface area contributed by atoms with E-state index >= 15 is 0 Å². The molecule has 0 saturated heterocycles. The summed E-state index contributed by atoms with van der Waals surface area (Å²) in [7, 11) is -4.67. The maximum absolute atomic E-state index is 9.12. The largest absolute Gasteiger partial charge is 0.394 e. The number of rotatable bonds is 12. The van der Waals surface area contributed by atoms with Gasteiger partial charge in [0.05, 0.1) is 6.10 Å². The van der Waals surface area contributed by atoms with Crippen LogP contribution >= 0.6 is 0 Å². The molecule has 0 aliphatic rings. The molecule has 0 rings (SSSR count). The fraction of sp³-hybridized carbons (Fsp3) is 1.00. The van der Waals surface area contributed by atoms with Crippen LogP contribution in [0.4, 0.5) is 0 Å². The first-order chi connectivity index (χ1) is 10.2. The molecule has 6 heteroatoms. The van der Waals surface area contributed by atoms with E-state index in [0.29, 0.717) is 0 Å². The first-order valence-corrected chi connectivity index (χ1v) is 9.94. The number of unbranched alkanes of at least 4 members (excludes halogenated alkanes) is 6. The van der Waals surface area contributed by atoms with E-state index in [-0.39, 0.29) is 6.10 Å². The van der Waals surface area contributed by atoms with Crippen LogP contribution in [-0.4, -0.2) is 28.7 Å². The minimum absolute atomic E-state index is 0.102. The van der Waals surface area contributed by atoms with Gasteiger partial charge in [-0.15, -0.1) is 0 Å². The maximum Gasteiger partial charge on any atom is 0.394 e. The molecule has 0 aromatic carbocycles. The fourth-order valence-corrected chi connectivity index (χ4v) is 2.45. The lowest BCUT2D eigenvalue weighted by molar-refractivity contribution is 0.180. The molecule has 0 aliphatic heterocycles. The van der Waals surface area contributed by atoms with Crippen LogP contribution in [0.1, 0.15) is 91.4 Å². The topological polar surface area (TPSA) is 94.8 Å². The van der Waals surface area contributed by atoms with Crippen molar-refractivity contribution in [2.75, 3.05) is 0 Å². The highest BCUT2D eigenvalue weighted by Gasteiger charge is 2.00. The molecular formula is C16H36O5S. The highest BCUT2D eigenvalue weighted by atomic mass is 32.3. The van der Waals surface area contributed by atoms with E-state index in [4.69, 9.17) is 22.6 Å². The standard InChI is InChI=1S/C16H34O.H2O4S/c1-4-12-15(2)13-10-8-6-5-7-9-11-14-16(3)17;1-5(2,3)4/h15-17H,4-14H2,1-3H3;(H2,1,2,3,4). The van der Waals surface area contributed by atoms with E-state index in [1.807, 2.05) is 6.92 Å². The van der Waals surface area contributed by atoms with Crippen molar-refractivity contribution in [2.24, 2.45) is 5.92 Å². The Hall–Kier alpha value is -0.170. The van der Waals surface area contributed by atoms with E-state index < -0.39 is 10.4 Å². The summed E-state index contributed by atoms with van der Waals surface area (Å²) < 4.78 is 31.6. The van der Waals surface area contributed by atoms with Crippen molar-refractivity contribution >= 4 is 10.4 Å². The van der Waals surface area contributed by atoms with Crippen molar-refractivity contribution in [1.82, 2.24) is 0 Å². The van der Waals surface area contributed by atoms with Gasteiger partial charge in [0.25, 0.3) is 0 Å². The Morgan fingerprint density at radius 2 is 1.14 bits per heavy atom. The summed E-state index contributed by atoms with van der Waals surface area (Å²) >= 11 is 0. The zero-order valence-corrected chi connectivity index (χ0v) is 15.3. The zero-order chi connectivity index (χ0) is 17.4. The molecular weight excluding hydrogens is 304 g/mol. The molecule has 0 aromatic heterocycles. The van der Waals surface area contributed by atoms with Gasteiger partial charge in [0, 0.05) is 0 Å². The quantitative estimate of drug-likeness (QED) is 0.355. The Morgan fingerprint density at radius 1 is 0.773 bits per heavy atom. The molecule has 0 aliphatic carbocycles. The molecule has 136 valence electrons. The summed E-state index contributed by atoms with van der Waals surface area (Å²) in [6.07, 6.45) is 14.6. The van der Waals surface area contributed by atoms with Gasteiger partial charge in [-0.1, -0.05) is 78.1 Å². The van der Waals surface area contributed by atoms with Crippen LogP contribution in [0.25, 0.3) is 0 Å². The minimum Gasteiger partial charge on any atom is -0.393 e. The van der Waals surface area contributed by atoms with Crippen molar-refractivity contribution in [3.8, 4) is 0 Å². The molecule has 0 aromatic rings. The van der Waals surface area contributed by atoms with Crippen LogP contribution < -0.4 is 0 Å². The van der Waals surface area contributed by atoms with E-state index in [1.54, 1.807) is 0 Å². The Labute approximate surface area is 137 Å². The van der Waals surface area contributed by atoms with E-state index in [1.165, 1.54) is 64.2 Å². The van der Waals surface area contributed by atoms with Crippen molar-refractivity contribution < 1.29 is 22.6 Å². The van der Waals surface area contributed by atoms with Gasteiger partial charge in [-0.2, -0.15) is 8.42 Å². The van der Waals surface area contributed by atoms with Crippen molar-refractivity contribution in [3.05, 3.63) is 0 Å². The lowest BCUT2D eigenvalue weighted by Crippen LogP contribution is -1.98. The Bertz CT molecular complexity index is 306. The molecule has 2 atom stereocenters. The van der Waals surface area contributed by atoms with Crippen LogP contribution in [0.15, 0.2) is 0 Å². The van der Waals surface area contributed by atoms with Crippen LogP contribution in [-0.2, 0) is 10.4 Å². The van der Waals surface area contributed by atoms with E-state index in [9.17, 15) is 0 Å². The Balaban J connectivity index is 0. The van der Waals surface area contributed by atoms with Gasteiger partial charge in [0.15, 0.2) is 0 Å². The Kier molecular flexibility index (Phi) is 17.2. The van der Waals surface area contributed by atoms with E-state index in [0.717, 1.165) is 12.3 Å². The van der Waals surface area contributed by atoms with Gasteiger partial charge in [-0.25, -0.2) is 0 Å². The minimum atomic E-state index is -4.67. The second-order valence-electron chi connectivity index (χ2n) is 6.24. The predicted molar refractivity (Wildman–Crippen MR) is 91.5 cm³/mol. The summed E-state index contributed by atoms with van der Waals surface area (Å²) in [5.74, 6) is 0.936. The van der Waals surface area contributed by atoms with Gasteiger partial charge in [-0.3, -0.25) is 9.11 Å². The monoisotopic (exact) mass is 340 g/mol. The molecule has 0 heterocycles. The average molecular weight is 341 g/mol. The average Bonchev–Trinajstić information content (AvgIpc) is 2.34. The van der Waals surface area contributed by atoms with Gasteiger partial charge in [0.2, 0.25) is 0 Å². The molecule has 0 bridgehead atoms. The molecule has 0 amide bonds. The zero-order valence-electron chi connectivity index (χ0n) is 14.5. The maximum atomic E-state index is 9.12. The molecule has 0 saturated carbocycles. The third kappa shape index (κ3) is 32.0. The lowest BCUT2D eigenvalue weighted by Gasteiger charge is -2.09. The van der Waals surface area contributed by atoms with Crippen LogP contribution in [0.5, 0.6) is 0 Å². The number of hydrogen-bond acceptors (Lipinski definition) is 3. The molecule has 5 nitrogen and oxygen atoms in total. The highest BCUT2D eigenvalue weighted by Crippen LogP contribution is 2.16. The summed E-state index contributed by atoms with van der Waals surface area (Å²) in [5.41, 5.74) is 0.